The average molecular weight is 351 g/mol. The summed E-state index contributed by atoms with van der Waals surface area (Å²) in [5.74, 6) is -0.307. The van der Waals surface area contributed by atoms with Gasteiger partial charge >= 0.3 is 0 Å². The van der Waals surface area contributed by atoms with Crippen LogP contribution in [0.25, 0.3) is 5.69 Å². The maximum Gasteiger partial charge on any atom is 0.149 e. The maximum atomic E-state index is 14.3. The lowest BCUT2D eigenvalue weighted by atomic mass is 10.0. The SMILES string of the molecule is CN1CCCc2ccc(NCc3ccc(-n4cncn4)c(F)c3)cc2C1. The molecule has 0 unspecified atom stereocenters. The number of halogens is 1. The molecule has 0 saturated carbocycles. The van der Waals surface area contributed by atoms with Gasteiger partial charge in [0.2, 0.25) is 0 Å². The van der Waals surface area contributed by atoms with E-state index in [0.717, 1.165) is 30.8 Å². The van der Waals surface area contributed by atoms with Gasteiger partial charge in [-0.15, -0.1) is 0 Å². The number of fused-ring (bicyclic) bond motifs is 1. The fourth-order valence-electron chi connectivity index (χ4n) is 3.42. The molecule has 4 rings (SSSR count). The van der Waals surface area contributed by atoms with Gasteiger partial charge in [0.05, 0.1) is 0 Å². The van der Waals surface area contributed by atoms with E-state index in [1.54, 1.807) is 12.1 Å². The summed E-state index contributed by atoms with van der Waals surface area (Å²) in [6.07, 6.45) is 5.22. The highest BCUT2D eigenvalue weighted by Gasteiger charge is 2.12. The summed E-state index contributed by atoms with van der Waals surface area (Å²) in [4.78, 5) is 6.21. The average Bonchev–Trinajstić information content (AvgIpc) is 3.09. The number of benzene rings is 2. The number of rotatable bonds is 4. The van der Waals surface area contributed by atoms with E-state index in [1.807, 2.05) is 6.07 Å². The number of anilines is 1. The molecule has 0 saturated heterocycles. The highest BCUT2D eigenvalue weighted by molar-refractivity contribution is 5.50. The van der Waals surface area contributed by atoms with Crippen LogP contribution in [0.2, 0.25) is 0 Å². The van der Waals surface area contributed by atoms with Crippen LogP contribution >= 0.6 is 0 Å². The van der Waals surface area contributed by atoms with Crippen molar-refractivity contribution in [1.82, 2.24) is 19.7 Å². The van der Waals surface area contributed by atoms with Crippen LogP contribution in [-0.2, 0) is 19.5 Å². The molecule has 0 aliphatic carbocycles. The molecule has 0 fully saturated rings. The number of aromatic nitrogens is 3. The normalized spacial score (nSPS) is 14.7. The fourth-order valence-corrected chi connectivity index (χ4v) is 3.42. The molecule has 2 heterocycles. The van der Waals surface area contributed by atoms with Gasteiger partial charge in [-0.05, 0) is 67.4 Å². The molecular formula is C20H22FN5. The summed E-state index contributed by atoms with van der Waals surface area (Å²) in [5.41, 5.74) is 5.17. The number of aryl methyl sites for hydroxylation is 1. The molecule has 2 aromatic carbocycles. The van der Waals surface area contributed by atoms with E-state index in [-0.39, 0.29) is 5.82 Å². The molecule has 134 valence electrons. The quantitative estimate of drug-likeness (QED) is 0.783. The van der Waals surface area contributed by atoms with Crippen LogP contribution < -0.4 is 5.32 Å². The third kappa shape index (κ3) is 3.60. The molecule has 1 aromatic heterocycles. The van der Waals surface area contributed by atoms with Gasteiger partial charge in [-0.2, -0.15) is 5.10 Å². The summed E-state index contributed by atoms with van der Waals surface area (Å²) in [5, 5.41) is 7.38. The molecule has 6 heteroatoms. The van der Waals surface area contributed by atoms with Crippen LogP contribution in [0.1, 0.15) is 23.1 Å². The smallest absolute Gasteiger partial charge is 0.149 e. The van der Waals surface area contributed by atoms with Gasteiger partial charge in [-0.1, -0.05) is 12.1 Å². The second-order valence-electron chi connectivity index (χ2n) is 6.80. The Labute approximate surface area is 152 Å². The number of hydrogen-bond acceptors (Lipinski definition) is 4. The first-order valence-corrected chi connectivity index (χ1v) is 8.87. The summed E-state index contributed by atoms with van der Waals surface area (Å²) < 4.78 is 15.8. The lowest BCUT2D eigenvalue weighted by Crippen LogP contribution is -2.17. The first-order valence-electron chi connectivity index (χ1n) is 8.87. The van der Waals surface area contributed by atoms with Gasteiger partial charge in [0, 0.05) is 18.8 Å². The van der Waals surface area contributed by atoms with Crippen molar-refractivity contribution in [1.29, 1.82) is 0 Å². The van der Waals surface area contributed by atoms with Crippen molar-refractivity contribution < 1.29 is 4.39 Å². The Bertz CT molecular complexity index is 891. The van der Waals surface area contributed by atoms with Crippen molar-refractivity contribution in [3.05, 3.63) is 71.6 Å². The summed E-state index contributed by atoms with van der Waals surface area (Å²) in [6, 6.07) is 11.7. The zero-order valence-electron chi connectivity index (χ0n) is 14.8. The zero-order valence-corrected chi connectivity index (χ0v) is 14.8. The highest BCUT2D eigenvalue weighted by atomic mass is 19.1. The lowest BCUT2D eigenvalue weighted by molar-refractivity contribution is 0.332. The minimum Gasteiger partial charge on any atom is -0.381 e. The van der Waals surface area contributed by atoms with E-state index in [2.05, 4.69) is 45.5 Å². The Balaban J connectivity index is 1.47. The topological polar surface area (TPSA) is 46.0 Å². The fraction of sp³-hybridized carbons (Fsp3) is 0.300. The van der Waals surface area contributed by atoms with Gasteiger partial charge in [-0.25, -0.2) is 14.1 Å². The monoisotopic (exact) mass is 351 g/mol. The van der Waals surface area contributed by atoms with Crippen molar-refractivity contribution in [2.45, 2.75) is 25.9 Å². The molecule has 0 spiro atoms. The van der Waals surface area contributed by atoms with E-state index < -0.39 is 0 Å². The van der Waals surface area contributed by atoms with Crippen molar-refractivity contribution in [3.8, 4) is 5.69 Å². The van der Waals surface area contributed by atoms with Gasteiger partial charge in [0.15, 0.2) is 0 Å². The van der Waals surface area contributed by atoms with E-state index >= 15 is 0 Å². The summed E-state index contributed by atoms with van der Waals surface area (Å²) in [6.45, 7) is 2.68. The van der Waals surface area contributed by atoms with Gasteiger partial charge in [0.1, 0.15) is 24.2 Å². The Morgan fingerprint density at radius 2 is 2.08 bits per heavy atom. The van der Waals surface area contributed by atoms with Crippen molar-refractivity contribution in [3.63, 3.8) is 0 Å². The molecule has 0 amide bonds. The van der Waals surface area contributed by atoms with E-state index in [9.17, 15) is 4.39 Å². The predicted octanol–water partition coefficient (Wildman–Crippen LogP) is 3.40. The standard InChI is InChI=1S/C20H22FN5/c1-25-8-2-3-16-5-6-18(10-17(16)12-25)23-11-15-4-7-20(19(21)9-15)26-14-22-13-24-26/h4-7,9-10,13-14,23H,2-3,8,11-12H2,1H3. The molecule has 0 bridgehead atoms. The van der Waals surface area contributed by atoms with Crippen molar-refractivity contribution in [2.24, 2.45) is 0 Å². The second-order valence-corrected chi connectivity index (χ2v) is 6.80. The highest BCUT2D eigenvalue weighted by Crippen LogP contribution is 2.22. The van der Waals surface area contributed by atoms with Crippen LogP contribution in [0.15, 0.2) is 49.1 Å². The van der Waals surface area contributed by atoms with Crippen molar-refractivity contribution in [2.75, 3.05) is 18.9 Å². The first-order chi connectivity index (χ1) is 12.7. The minimum absolute atomic E-state index is 0.307. The minimum atomic E-state index is -0.307. The summed E-state index contributed by atoms with van der Waals surface area (Å²) in [7, 11) is 2.16. The molecule has 5 nitrogen and oxygen atoms in total. The van der Waals surface area contributed by atoms with Gasteiger partial charge in [-0.3, -0.25) is 0 Å². The van der Waals surface area contributed by atoms with Crippen LogP contribution in [0, 0.1) is 5.82 Å². The van der Waals surface area contributed by atoms with E-state index in [1.165, 1.54) is 34.9 Å². The van der Waals surface area contributed by atoms with Gasteiger partial charge in [0.25, 0.3) is 0 Å². The largest absolute Gasteiger partial charge is 0.381 e. The van der Waals surface area contributed by atoms with E-state index in [0.29, 0.717) is 12.2 Å². The molecule has 1 aliphatic heterocycles. The maximum absolute atomic E-state index is 14.3. The number of hydrogen-bond donors (Lipinski definition) is 1. The molecule has 0 atom stereocenters. The van der Waals surface area contributed by atoms with Crippen molar-refractivity contribution >= 4 is 5.69 Å². The van der Waals surface area contributed by atoms with Crippen LogP contribution in [-0.4, -0.2) is 33.3 Å². The predicted molar refractivity (Wildman–Crippen MR) is 99.7 cm³/mol. The molecule has 1 N–H and O–H groups in total. The molecule has 0 radical (unpaired) electrons. The Morgan fingerprint density at radius 3 is 2.88 bits per heavy atom. The van der Waals surface area contributed by atoms with Gasteiger partial charge < -0.3 is 10.2 Å². The second kappa shape index (κ2) is 7.25. The van der Waals surface area contributed by atoms with E-state index in [4.69, 9.17) is 0 Å². The molecule has 26 heavy (non-hydrogen) atoms. The number of nitrogens with one attached hydrogen (secondary N) is 1. The molecule has 1 aliphatic rings. The molecular weight excluding hydrogens is 329 g/mol. The lowest BCUT2D eigenvalue weighted by Gasteiger charge is -2.15. The first kappa shape index (κ1) is 16.7. The third-order valence-corrected chi connectivity index (χ3v) is 4.81. The number of nitrogens with zero attached hydrogens (tertiary/aromatic N) is 4. The summed E-state index contributed by atoms with van der Waals surface area (Å²) >= 11 is 0. The zero-order chi connectivity index (χ0) is 17.9. The Kier molecular flexibility index (Phi) is 4.67. The van der Waals surface area contributed by atoms with Crippen LogP contribution in [0.4, 0.5) is 10.1 Å². The molecule has 3 aromatic rings. The van der Waals surface area contributed by atoms with Crippen LogP contribution in [0.3, 0.4) is 0 Å². The Morgan fingerprint density at radius 1 is 1.15 bits per heavy atom. The Hall–Kier alpha value is -2.73. The third-order valence-electron chi connectivity index (χ3n) is 4.81. The van der Waals surface area contributed by atoms with Crippen LogP contribution in [0.5, 0.6) is 0 Å².